The third-order valence-electron chi connectivity index (χ3n) is 5.11. The van der Waals surface area contributed by atoms with Crippen LogP contribution in [0.3, 0.4) is 0 Å². The minimum Gasteiger partial charge on any atom is -0.315 e. The van der Waals surface area contributed by atoms with Crippen LogP contribution in [0.25, 0.3) is 0 Å². The van der Waals surface area contributed by atoms with Gasteiger partial charge in [0.2, 0.25) is 0 Å². The van der Waals surface area contributed by atoms with Gasteiger partial charge in [-0.05, 0) is 36.4 Å². The van der Waals surface area contributed by atoms with E-state index in [2.05, 4.69) is 11.4 Å². The highest BCUT2D eigenvalue weighted by molar-refractivity contribution is 7.86. The van der Waals surface area contributed by atoms with Crippen molar-refractivity contribution in [3.63, 3.8) is 0 Å². The second kappa shape index (κ2) is 5.05. The van der Waals surface area contributed by atoms with Gasteiger partial charge in [-0.2, -0.15) is 17.0 Å². The van der Waals surface area contributed by atoms with E-state index in [1.807, 2.05) is 18.2 Å². The zero-order valence-corrected chi connectivity index (χ0v) is 12.8. The van der Waals surface area contributed by atoms with Crippen molar-refractivity contribution in [3.05, 3.63) is 35.4 Å². The molecule has 0 amide bonds. The Morgan fingerprint density at radius 3 is 2.76 bits per heavy atom. The second-order valence-corrected chi connectivity index (χ2v) is 8.13. The van der Waals surface area contributed by atoms with Gasteiger partial charge >= 0.3 is 0 Å². The first-order chi connectivity index (χ1) is 10.2. The Labute approximate surface area is 126 Å². The van der Waals surface area contributed by atoms with Gasteiger partial charge in [-0.25, -0.2) is 0 Å². The van der Waals surface area contributed by atoms with Crippen LogP contribution in [0.4, 0.5) is 0 Å². The summed E-state index contributed by atoms with van der Waals surface area (Å²) in [4.78, 5) is 0. The zero-order chi connectivity index (χ0) is 14.4. The normalized spacial score (nSPS) is 30.3. The molecule has 6 heteroatoms. The van der Waals surface area contributed by atoms with Crippen molar-refractivity contribution in [1.29, 1.82) is 0 Å². The van der Waals surface area contributed by atoms with Crippen molar-refractivity contribution in [1.82, 2.24) is 13.9 Å². The lowest BCUT2D eigenvalue weighted by Crippen LogP contribution is -2.49. The molecule has 1 aromatic carbocycles. The summed E-state index contributed by atoms with van der Waals surface area (Å²) in [5.74, 6) is 0.497. The largest absolute Gasteiger partial charge is 0.315 e. The van der Waals surface area contributed by atoms with Crippen LogP contribution in [0, 0.1) is 5.92 Å². The molecule has 1 aromatic rings. The quantitative estimate of drug-likeness (QED) is 0.870. The maximum atomic E-state index is 13.0. The van der Waals surface area contributed by atoms with Crippen LogP contribution in [0.1, 0.15) is 17.5 Å². The van der Waals surface area contributed by atoms with E-state index in [4.69, 9.17) is 0 Å². The zero-order valence-electron chi connectivity index (χ0n) is 12.0. The Hall–Kier alpha value is -0.950. The van der Waals surface area contributed by atoms with Gasteiger partial charge in [0.25, 0.3) is 10.2 Å². The van der Waals surface area contributed by atoms with Crippen LogP contribution in [0.2, 0.25) is 0 Å². The third kappa shape index (κ3) is 2.21. The molecule has 1 N–H and O–H groups in total. The molecule has 3 aliphatic heterocycles. The molecule has 114 valence electrons. The number of nitrogens with zero attached hydrogens (tertiary/aromatic N) is 2. The average Bonchev–Trinajstić information content (AvgIpc) is 3.09. The molecule has 2 atom stereocenters. The predicted octanol–water partition coefficient (Wildman–Crippen LogP) is 0.583. The van der Waals surface area contributed by atoms with Crippen molar-refractivity contribution in [2.24, 2.45) is 5.92 Å². The Bertz CT molecular complexity index is 646. The molecule has 3 aliphatic rings. The summed E-state index contributed by atoms with van der Waals surface area (Å²) in [7, 11) is -3.33. The molecule has 3 heterocycles. The molecule has 2 saturated heterocycles. The summed E-state index contributed by atoms with van der Waals surface area (Å²) in [6, 6.07) is 8.32. The lowest BCUT2D eigenvalue weighted by molar-refractivity contribution is 0.312. The highest BCUT2D eigenvalue weighted by Crippen LogP contribution is 2.32. The predicted molar refractivity (Wildman–Crippen MR) is 80.9 cm³/mol. The lowest BCUT2D eigenvalue weighted by Gasteiger charge is -2.33. The summed E-state index contributed by atoms with van der Waals surface area (Å²) >= 11 is 0. The number of hydrogen-bond donors (Lipinski definition) is 1. The summed E-state index contributed by atoms with van der Waals surface area (Å²) in [6.45, 7) is 3.55. The topological polar surface area (TPSA) is 52.7 Å². The van der Waals surface area contributed by atoms with Gasteiger partial charge in [0.15, 0.2) is 0 Å². The van der Waals surface area contributed by atoms with E-state index >= 15 is 0 Å². The summed E-state index contributed by atoms with van der Waals surface area (Å²) in [6.07, 6.45) is 1.80. The van der Waals surface area contributed by atoms with E-state index in [9.17, 15) is 8.42 Å². The lowest BCUT2D eigenvalue weighted by atomic mass is 10.0. The molecule has 0 spiro atoms. The van der Waals surface area contributed by atoms with Gasteiger partial charge in [-0.1, -0.05) is 24.3 Å². The fraction of sp³-hybridized carbons (Fsp3) is 0.600. The summed E-state index contributed by atoms with van der Waals surface area (Å²) < 4.78 is 29.3. The Kier molecular flexibility index (Phi) is 3.29. The standard InChI is InChI=1S/C15H21N3O2S/c19-21(20,18-8-6-13-9-16-10-15(13)18)17-7-5-12-3-1-2-4-14(12)11-17/h1-4,13,15-16H,5-11H2/t13-,15+/m0/s1. The molecule has 5 nitrogen and oxygen atoms in total. The maximum absolute atomic E-state index is 13.0. The molecule has 21 heavy (non-hydrogen) atoms. The fourth-order valence-corrected chi connectivity index (χ4v) is 5.76. The Morgan fingerprint density at radius 1 is 1.10 bits per heavy atom. The molecular formula is C15H21N3O2S. The van der Waals surface area contributed by atoms with Gasteiger partial charge in [0, 0.05) is 32.2 Å². The van der Waals surface area contributed by atoms with E-state index in [1.54, 1.807) is 8.61 Å². The molecule has 0 radical (unpaired) electrons. The van der Waals surface area contributed by atoms with Gasteiger partial charge in [0.05, 0.1) is 0 Å². The van der Waals surface area contributed by atoms with Gasteiger partial charge in [0.1, 0.15) is 0 Å². The van der Waals surface area contributed by atoms with Crippen LogP contribution in [-0.4, -0.2) is 49.2 Å². The first-order valence-electron chi connectivity index (χ1n) is 7.71. The fourth-order valence-electron chi connectivity index (χ4n) is 3.91. The SMILES string of the molecule is O=S(=O)(N1CCc2ccccc2C1)N1CC[C@H]2CNC[C@H]21. The van der Waals surface area contributed by atoms with Crippen LogP contribution in [0.5, 0.6) is 0 Å². The molecule has 0 aliphatic carbocycles. The summed E-state index contributed by atoms with van der Waals surface area (Å²) in [5.41, 5.74) is 2.43. The van der Waals surface area contributed by atoms with Crippen molar-refractivity contribution >= 4 is 10.2 Å². The average molecular weight is 307 g/mol. The first kappa shape index (κ1) is 13.7. The minimum absolute atomic E-state index is 0.159. The van der Waals surface area contributed by atoms with Crippen LogP contribution in [0.15, 0.2) is 24.3 Å². The number of nitrogens with one attached hydrogen (secondary N) is 1. The van der Waals surface area contributed by atoms with Crippen molar-refractivity contribution < 1.29 is 8.42 Å². The van der Waals surface area contributed by atoms with Gasteiger partial charge < -0.3 is 5.32 Å². The maximum Gasteiger partial charge on any atom is 0.282 e. The van der Waals surface area contributed by atoms with Crippen molar-refractivity contribution in [2.75, 3.05) is 26.2 Å². The monoisotopic (exact) mass is 307 g/mol. The second-order valence-electron chi connectivity index (χ2n) is 6.25. The highest BCUT2D eigenvalue weighted by atomic mass is 32.2. The molecular weight excluding hydrogens is 286 g/mol. The highest BCUT2D eigenvalue weighted by Gasteiger charge is 2.45. The van der Waals surface area contributed by atoms with Crippen molar-refractivity contribution in [3.8, 4) is 0 Å². The molecule has 2 fully saturated rings. The van der Waals surface area contributed by atoms with Crippen molar-refractivity contribution in [2.45, 2.75) is 25.4 Å². The van der Waals surface area contributed by atoms with Gasteiger partial charge in [-0.15, -0.1) is 0 Å². The first-order valence-corrected chi connectivity index (χ1v) is 9.10. The number of fused-ring (bicyclic) bond motifs is 2. The Balaban J connectivity index is 1.59. The van der Waals surface area contributed by atoms with Crippen LogP contribution >= 0.6 is 0 Å². The summed E-state index contributed by atoms with van der Waals surface area (Å²) in [5, 5.41) is 3.32. The third-order valence-corrected chi connectivity index (χ3v) is 7.12. The smallest absolute Gasteiger partial charge is 0.282 e. The van der Waals surface area contributed by atoms with Gasteiger partial charge in [-0.3, -0.25) is 0 Å². The van der Waals surface area contributed by atoms with E-state index < -0.39 is 10.2 Å². The van der Waals surface area contributed by atoms with E-state index in [0.29, 0.717) is 25.6 Å². The Morgan fingerprint density at radius 2 is 1.90 bits per heavy atom. The van der Waals surface area contributed by atoms with E-state index in [-0.39, 0.29) is 6.04 Å². The van der Waals surface area contributed by atoms with E-state index in [1.165, 1.54) is 5.56 Å². The van der Waals surface area contributed by atoms with Crippen LogP contribution < -0.4 is 5.32 Å². The number of hydrogen-bond acceptors (Lipinski definition) is 3. The molecule has 0 unspecified atom stereocenters. The van der Waals surface area contributed by atoms with E-state index in [0.717, 1.165) is 31.5 Å². The molecule has 4 rings (SSSR count). The number of rotatable bonds is 2. The molecule has 0 bridgehead atoms. The van der Waals surface area contributed by atoms with Crippen LogP contribution in [-0.2, 0) is 23.2 Å². The molecule has 0 saturated carbocycles. The number of benzene rings is 1. The molecule has 0 aromatic heterocycles. The minimum atomic E-state index is -3.33.